The van der Waals surface area contributed by atoms with Crippen molar-refractivity contribution in [1.82, 2.24) is 4.90 Å². The Labute approximate surface area is 103 Å². The number of carbonyl (C=O) groups is 1. The number of rotatable bonds is 3. The van der Waals surface area contributed by atoms with Gasteiger partial charge in [-0.15, -0.1) is 0 Å². The zero-order valence-electron chi connectivity index (χ0n) is 9.78. The summed E-state index contributed by atoms with van der Waals surface area (Å²) < 4.78 is 5.41. The molecule has 2 rings (SSSR count). The normalized spacial score (nSPS) is 25.8. The molecule has 2 heterocycles. The molecule has 0 saturated carbocycles. The van der Waals surface area contributed by atoms with Crippen molar-refractivity contribution >= 4 is 18.5 Å². The van der Waals surface area contributed by atoms with Crippen molar-refractivity contribution in [2.75, 3.05) is 32.1 Å². The first-order valence-corrected chi connectivity index (χ1v) is 6.85. The zero-order chi connectivity index (χ0) is 11.4. The minimum atomic E-state index is 0.203. The number of nitrogens with zero attached hydrogens (tertiary/aromatic N) is 1. The quantitative estimate of drug-likeness (QED) is 0.765. The predicted molar refractivity (Wildman–Crippen MR) is 66.8 cm³/mol. The molecule has 0 bridgehead atoms. The van der Waals surface area contributed by atoms with Crippen LogP contribution < -0.4 is 0 Å². The molecule has 2 fully saturated rings. The Kier molecular flexibility index (Phi) is 4.14. The Morgan fingerprint density at radius 1 is 1.31 bits per heavy atom. The van der Waals surface area contributed by atoms with Gasteiger partial charge in [0.15, 0.2) is 0 Å². The average molecular weight is 243 g/mol. The van der Waals surface area contributed by atoms with E-state index in [0.29, 0.717) is 5.91 Å². The van der Waals surface area contributed by atoms with Crippen molar-refractivity contribution in [2.24, 2.45) is 5.41 Å². The molecular weight excluding hydrogens is 222 g/mol. The highest BCUT2D eigenvalue weighted by Gasteiger charge is 2.35. The second-order valence-electron chi connectivity index (χ2n) is 5.04. The smallest absolute Gasteiger partial charge is 0.222 e. The van der Waals surface area contributed by atoms with Crippen molar-refractivity contribution in [2.45, 2.75) is 32.1 Å². The zero-order valence-corrected chi connectivity index (χ0v) is 10.7. The fraction of sp³-hybridized carbons (Fsp3) is 0.917. The third-order valence-corrected chi connectivity index (χ3v) is 4.51. The number of ether oxygens (including phenoxy) is 1. The lowest BCUT2D eigenvalue weighted by Crippen LogP contribution is -2.46. The van der Waals surface area contributed by atoms with Crippen molar-refractivity contribution in [3.05, 3.63) is 0 Å². The van der Waals surface area contributed by atoms with Crippen LogP contribution in [0.25, 0.3) is 0 Å². The molecule has 0 spiro atoms. The SMILES string of the molecule is O=C1CCCCN1CC1(CS)CCOCC1. The first-order chi connectivity index (χ1) is 7.76. The van der Waals surface area contributed by atoms with Gasteiger partial charge in [0.25, 0.3) is 0 Å². The van der Waals surface area contributed by atoms with Gasteiger partial charge in [0.1, 0.15) is 0 Å². The van der Waals surface area contributed by atoms with E-state index in [-0.39, 0.29) is 5.41 Å². The molecule has 1 amide bonds. The van der Waals surface area contributed by atoms with Crippen molar-refractivity contribution in [3.63, 3.8) is 0 Å². The first-order valence-electron chi connectivity index (χ1n) is 6.22. The maximum Gasteiger partial charge on any atom is 0.222 e. The van der Waals surface area contributed by atoms with Crippen LogP contribution in [0.15, 0.2) is 0 Å². The van der Waals surface area contributed by atoms with Gasteiger partial charge in [0, 0.05) is 38.1 Å². The number of likely N-dealkylation sites (tertiary alicyclic amines) is 1. The molecule has 0 aromatic carbocycles. The summed E-state index contributed by atoms with van der Waals surface area (Å²) >= 11 is 4.48. The van der Waals surface area contributed by atoms with E-state index < -0.39 is 0 Å². The van der Waals surface area contributed by atoms with Crippen LogP contribution in [0.4, 0.5) is 0 Å². The van der Waals surface area contributed by atoms with Gasteiger partial charge in [-0.3, -0.25) is 4.79 Å². The molecule has 3 nitrogen and oxygen atoms in total. The van der Waals surface area contributed by atoms with Gasteiger partial charge in [0.2, 0.25) is 5.91 Å². The molecule has 0 radical (unpaired) electrons. The monoisotopic (exact) mass is 243 g/mol. The fourth-order valence-corrected chi connectivity index (χ4v) is 3.02. The molecule has 16 heavy (non-hydrogen) atoms. The predicted octanol–water partition coefficient (Wildman–Crippen LogP) is 1.73. The summed E-state index contributed by atoms with van der Waals surface area (Å²) in [4.78, 5) is 13.8. The van der Waals surface area contributed by atoms with Crippen LogP contribution in [-0.2, 0) is 9.53 Å². The fourth-order valence-electron chi connectivity index (χ4n) is 2.60. The molecular formula is C12H21NO2S. The summed E-state index contributed by atoms with van der Waals surface area (Å²) in [5, 5.41) is 0. The van der Waals surface area contributed by atoms with Crippen molar-refractivity contribution in [3.8, 4) is 0 Å². The van der Waals surface area contributed by atoms with Gasteiger partial charge >= 0.3 is 0 Å². The van der Waals surface area contributed by atoms with Crippen LogP contribution in [0.1, 0.15) is 32.1 Å². The number of piperidine rings is 1. The summed E-state index contributed by atoms with van der Waals surface area (Å²) in [6, 6.07) is 0. The van der Waals surface area contributed by atoms with E-state index in [0.717, 1.165) is 64.2 Å². The molecule has 0 aliphatic carbocycles. The Morgan fingerprint density at radius 3 is 2.69 bits per heavy atom. The molecule has 2 aliphatic rings. The van der Waals surface area contributed by atoms with E-state index >= 15 is 0 Å². The number of thiol groups is 1. The molecule has 2 saturated heterocycles. The second kappa shape index (κ2) is 5.41. The molecule has 0 aromatic heterocycles. The van der Waals surface area contributed by atoms with Gasteiger partial charge in [0.05, 0.1) is 0 Å². The van der Waals surface area contributed by atoms with E-state index in [4.69, 9.17) is 4.74 Å². The Bertz CT molecular complexity index is 251. The Morgan fingerprint density at radius 2 is 2.06 bits per heavy atom. The summed E-state index contributed by atoms with van der Waals surface area (Å²) in [6.45, 7) is 3.47. The largest absolute Gasteiger partial charge is 0.381 e. The van der Waals surface area contributed by atoms with E-state index in [1.54, 1.807) is 0 Å². The Balaban J connectivity index is 1.96. The van der Waals surface area contributed by atoms with Gasteiger partial charge in [-0.05, 0) is 31.4 Å². The van der Waals surface area contributed by atoms with Crippen molar-refractivity contribution < 1.29 is 9.53 Å². The lowest BCUT2D eigenvalue weighted by molar-refractivity contribution is -0.135. The summed E-state index contributed by atoms with van der Waals surface area (Å²) in [5.41, 5.74) is 0.203. The van der Waals surface area contributed by atoms with Crippen LogP contribution in [0.5, 0.6) is 0 Å². The van der Waals surface area contributed by atoms with Crippen LogP contribution in [0, 0.1) is 5.41 Å². The molecule has 0 atom stereocenters. The van der Waals surface area contributed by atoms with E-state index in [1.807, 2.05) is 4.90 Å². The summed E-state index contributed by atoms with van der Waals surface area (Å²) in [6.07, 6.45) is 5.04. The lowest BCUT2D eigenvalue weighted by atomic mass is 9.81. The summed E-state index contributed by atoms with van der Waals surface area (Å²) in [5.74, 6) is 1.19. The molecule has 92 valence electrons. The molecule has 0 unspecified atom stereocenters. The second-order valence-corrected chi connectivity index (χ2v) is 5.36. The highest BCUT2D eigenvalue weighted by molar-refractivity contribution is 7.80. The molecule has 2 aliphatic heterocycles. The summed E-state index contributed by atoms with van der Waals surface area (Å²) in [7, 11) is 0. The third kappa shape index (κ3) is 2.72. The number of carbonyl (C=O) groups excluding carboxylic acids is 1. The van der Waals surface area contributed by atoms with Crippen molar-refractivity contribution in [1.29, 1.82) is 0 Å². The first kappa shape index (κ1) is 12.2. The van der Waals surface area contributed by atoms with E-state index in [9.17, 15) is 4.79 Å². The molecule has 0 N–H and O–H groups in total. The number of hydrogen-bond donors (Lipinski definition) is 1. The maximum atomic E-state index is 11.8. The third-order valence-electron chi connectivity index (χ3n) is 3.84. The van der Waals surface area contributed by atoms with E-state index in [1.165, 1.54) is 0 Å². The standard InChI is InChI=1S/C12H21NO2S/c14-11-3-1-2-6-13(11)9-12(10-16)4-7-15-8-5-12/h16H,1-10H2. The minimum Gasteiger partial charge on any atom is -0.381 e. The number of hydrogen-bond acceptors (Lipinski definition) is 3. The van der Waals surface area contributed by atoms with Gasteiger partial charge < -0.3 is 9.64 Å². The van der Waals surface area contributed by atoms with Gasteiger partial charge in [-0.2, -0.15) is 12.6 Å². The van der Waals surface area contributed by atoms with Crippen LogP contribution in [0.2, 0.25) is 0 Å². The maximum absolute atomic E-state index is 11.8. The minimum absolute atomic E-state index is 0.203. The van der Waals surface area contributed by atoms with Crippen LogP contribution in [-0.4, -0.2) is 42.9 Å². The molecule has 0 aromatic rings. The molecule has 4 heteroatoms. The lowest BCUT2D eigenvalue weighted by Gasteiger charge is -2.41. The topological polar surface area (TPSA) is 29.5 Å². The van der Waals surface area contributed by atoms with E-state index in [2.05, 4.69) is 12.6 Å². The van der Waals surface area contributed by atoms with Gasteiger partial charge in [-0.25, -0.2) is 0 Å². The highest BCUT2D eigenvalue weighted by atomic mass is 32.1. The highest BCUT2D eigenvalue weighted by Crippen LogP contribution is 2.33. The van der Waals surface area contributed by atoms with Gasteiger partial charge in [-0.1, -0.05) is 0 Å². The van der Waals surface area contributed by atoms with Crippen LogP contribution in [0.3, 0.4) is 0 Å². The average Bonchev–Trinajstić information content (AvgIpc) is 2.33. The van der Waals surface area contributed by atoms with Crippen LogP contribution >= 0.6 is 12.6 Å². The Hall–Kier alpha value is -0.220. The number of amides is 1.